The van der Waals surface area contributed by atoms with E-state index in [1.165, 1.54) is 35.7 Å². The Labute approximate surface area is 179 Å². The molecule has 1 saturated heterocycles. The summed E-state index contributed by atoms with van der Waals surface area (Å²) in [6, 6.07) is 10.6. The quantitative estimate of drug-likeness (QED) is 0.648. The summed E-state index contributed by atoms with van der Waals surface area (Å²) in [6.07, 6.45) is 1.58. The lowest BCUT2D eigenvalue weighted by Gasteiger charge is -2.18. The van der Waals surface area contributed by atoms with Crippen molar-refractivity contribution < 1.29 is 27.5 Å². The summed E-state index contributed by atoms with van der Waals surface area (Å²) in [4.78, 5) is 24.1. The molecular formula is C20H21ClN2O6S. The maximum atomic E-state index is 12.9. The van der Waals surface area contributed by atoms with Crippen LogP contribution in [0.15, 0.2) is 47.4 Å². The van der Waals surface area contributed by atoms with Gasteiger partial charge in [0.25, 0.3) is 5.91 Å². The van der Waals surface area contributed by atoms with Gasteiger partial charge < -0.3 is 14.8 Å². The number of hydrogen-bond acceptors (Lipinski definition) is 6. The van der Waals surface area contributed by atoms with Crippen LogP contribution in [0.4, 0.5) is 5.69 Å². The van der Waals surface area contributed by atoms with Gasteiger partial charge in [0.15, 0.2) is 6.61 Å². The number of sulfonamides is 1. The predicted molar refractivity (Wildman–Crippen MR) is 111 cm³/mol. The van der Waals surface area contributed by atoms with Crippen LogP contribution in [0.1, 0.15) is 23.2 Å². The number of benzene rings is 2. The van der Waals surface area contributed by atoms with Gasteiger partial charge in [-0.05, 0) is 43.2 Å². The molecule has 0 aromatic heterocycles. The Bertz CT molecular complexity index is 1050. The number of rotatable bonds is 7. The van der Waals surface area contributed by atoms with E-state index in [0.29, 0.717) is 13.1 Å². The smallest absolute Gasteiger partial charge is 0.339 e. The van der Waals surface area contributed by atoms with Crippen LogP contribution in [0.2, 0.25) is 5.02 Å². The first-order chi connectivity index (χ1) is 14.3. The van der Waals surface area contributed by atoms with Crippen molar-refractivity contribution in [3.8, 4) is 5.75 Å². The zero-order valence-electron chi connectivity index (χ0n) is 16.3. The van der Waals surface area contributed by atoms with Crippen molar-refractivity contribution in [1.82, 2.24) is 4.31 Å². The van der Waals surface area contributed by atoms with E-state index in [1.807, 2.05) is 0 Å². The molecule has 0 unspecified atom stereocenters. The largest absolute Gasteiger partial charge is 0.482 e. The number of anilines is 1. The van der Waals surface area contributed by atoms with E-state index in [0.717, 1.165) is 12.8 Å². The predicted octanol–water partition coefficient (Wildman–Crippen LogP) is 2.93. The molecule has 1 heterocycles. The number of halogens is 1. The van der Waals surface area contributed by atoms with Crippen molar-refractivity contribution in [3.05, 3.63) is 53.1 Å². The second-order valence-electron chi connectivity index (χ2n) is 6.58. The third kappa shape index (κ3) is 4.92. The molecule has 2 aromatic rings. The number of hydrogen-bond donors (Lipinski definition) is 1. The molecule has 0 spiro atoms. The minimum absolute atomic E-state index is 0.0303. The fraction of sp³-hybridized carbons (Fsp3) is 0.300. The Balaban J connectivity index is 1.75. The van der Waals surface area contributed by atoms with Crippen LogP contribution in [-0.4, -0.2) is 51.4 Å². The molecule has 0 bridgehead atoms. The van der Waals surface area contributed by atoms with E-state index in [1.54, 1.807) is 18.2 Å². The standard InChI is InChI=1S/C20H21ClN2O6S/c1-28-20(25)15-6-2-3-7-16(15)22-19(24)13-29-17-9-8-14(21)12-18(17)30(26,27)23-10-4-5-11-23/h2-3,6-9,12H,4-5,10-11,13H2,1H3,(H,22,24). The van der Waals surface area contributed by atoms with Gasteiger partial charge in [-0.3, -0.25) is 4.79 Å². The molecule has 10 heteroatoms. The highest BCUT2D eigenvalue weighted by molar-refractivity contribution is 7.89. The molecule has 30 heavy (non-hydrogen) atoms. The minimum atomic E-state index is -3.79. The van der Waals surface area contributed by atoms with Gasteiger partial charge in [-0.15, -0.1) is 0 Å². The van der Waals surface area contributed by atoms with Gasteiger partial charge in [-0.25, -0.2) is 13.2 Å². The van der Waals surface area contributed by atoms with Crippen molar-refractivity contribution in [1.29, 1.82) is 0 Å². The normalized spacial score (nSPS) is 14.3. The molecule has 8 nitrogen and oxygen atoms in total. The SMILES string of the molecule is COC(=O)c1ccccc1NC(=O)COc1ccc(Cl)cc1S(=O)(=O)N1CCCC1. The summed E-state index contributed by atoms with van der Waals surface area (Å²) in [6.45, 7) is 0.401. The highest BCUT2D eigenvalue weighted by Crippen LogP contribution is 2.31. The topological polar surface area (TPSA) is 102 Å². The Morgan fingerprint density at radius 2 is 1.83 bits per heavy atom. The van der Waals surface area contributed by atoms with E-state index < -0.39 is 28.5 Å². The Morgan fingerprint density at radius 1 is 1.13 bits per heavy atom. The molecule has 1 aliphatic heterocycles. The summed E-state index contributed by atoms with van der Waals surface area (Å²) in [5, 5.41) is 2.82. The van der Waals surface area contributed by atoms with Crippen molar-refractivity contribution in [3.63, 3.8) is 0 Å². The fourth-order valence-electron chi connectivity index (χ4n) is 3.08. The molecule has 0 saturated carbocycles. The lowest BCUT2D eigenvalue weighted by molar-refractivity contribution is -0.118. The van der Waals surface area contributed by atoms with Gasteiger partial charge in [0.2, 0.25) is 10.0 Å². The zero-order valence-corrected chi connectivity index (χ0v) is 17.8. The van der Waals surface area contributed by atoms with Gasteiger partial charge in [0.05, 0.1) is 18.4 Å². The van der Waals surface area contributed by atoms with Gasteiger partial charge >= 0.3 is 5.97 Å². The number of carbonyl (C=O) groups excluding carboxylic acids is 2. The van der Waals surface area contributed by atoms with E-state index in [2.05, 4.69) is 5.32 Å². The number of nitrogens with zero attached hydrogens (tertiary/aromatic N) is 1. The minimum Gasteiger partial charge on any atom is -0.482 e. The summed E-state index contributed by atoms with van der Waals surface area (Å²) in [7, 11) is -2.55. The molecule has 3 rings (SSSR count). The summed E-state index contributed by atoms with van der Waals surface area (Å²) < 4.78 is 37.4. The van der Waals surface area contributed by atoms with Gasteiger partial charge in [-0.1, -0.05) is 23.7 Å². The number of amides is 1. The first kappa shape index (κ1) is 22.1. The first-order valence-electron chi connectivity index (χ1n) is 9.22. The average Bonchev–Trinajstić information content (AvgIpc) is 3.28. The monoisotopic (exact) mass is 452 g/mol. The maximum Gasteiger partial charge on any atom is 0.339 e. The molecule has 0 radical (unpaired) electrons. The maximum absolute atomic E-state index is 12.9. The number of carbonyl (C=O) groups is 2. The van der Waals surface area contributed by atoms with Gasteiger partial charge in [0.1, 0.15) is 10.6 Å². The van der Waals surface area contributed by atoms with E-state index in [-0.39, 0.29) is 26.9 Å². The number of ether oxygens (including phenoxy) is 2. The number of methoxy groups -OCH3 is 1. The van der Waals surface area contributed by atoms with Gasteiger partial charge in [-0.2, -0.15) is 4.31 Å². The highest BCUT2D eigenvalue weighted by Gasteiger charge is 2.30. The molecule has 0 atom stereocenters. The van der Waals surface area contributed by atoms with Crippen LogP contribution in [0, 0.1) is 0 Å². The van der Waals surface area contributed by atoms with Crippen molar-refractivity contribution >= 4 is 39.2 Å². The molecule has 0 aliphatic carbocycles. The Kier molecular flexibility index (Phi) is 6.96. The van der Waals surface area contributed by atoms with Crippen molar-refractivity contribution in [2.45, 2.75) is 17.7 Å². The van der Waals surface area contributed by atoms with Crippen LogP contribution in [0.3, 0.4) is 0 Å². The second-order valence-corrected chi connectivity index (χ2v) is 8.92. The Morgan fingerprint density at radius 3 is 2.53 bits per heavy atom. The molecular weight excluding hydrogens is 432 g/mol. The molecule has 160 valence electrons. The molecule has 1 aliphatic rings. The number of para-hydroxylation sites is 1. The lowest BCUT2D eigenvalue weighted by atomic mass is 10.2. The Hall–Kier alpha value is -2.62. The van der Waals surface area contributed by atoms with E-state index in [4.69, 9.17) is 21.1 Å². The van der Waals surface area contributed by atoms with Crippen molar-refractivity contribution in [2.75, 3.05) is 32.1 Å². The van der Waals surface area contributed by atoms with Crippen LogP contribution < -0.4 is 10.1 Å². The average molecular weight is 453 g/mol. The lowest BCUT2D eigenvalue weighted by Crippen LogP contribution is -2.29. The van der Waals surface area contributed by atoms with Gasteiger partial charge in [0, 0.05) is 18.1 Å². The van der Waals surface area contributed by atoms with Crippen LogP contribution in [0.25, 0.3) is 0 Å². The van der Waals surface area contributed by atoms with Crippen LogP contribution in [0.5, 0.6) is 5.75 Å². The van der Waals surface area contributed by atoms with Crippen LogP contribution in [-0.2, 0) is 19.6 Å². The third-order valence-corrected chi connectivity index (χ3v) is 6.71. The number of nitrogens with one attached hydrogen (secondary N) is 1. The first-order valence-corrected chi connectivity index (χ1v) is 11.0. The highest BCUT2D eigenvalue weighted by atomic mass is 35.5. The van der Waals surface area contributed by atoms with Crippen LogP contribution >= 0.6 is 11.6 Å². The summed E-state index contributed by atoms with van der Waals surface area (Å²) in [5.74, 6) is -1.13. The second kappa shape index (κ2) is 9.46. The molecule has 2 aromatic carbocycles. The molecule has 1 amide bonds. The molecule has 1 fully saturated rings. The van der Waals surface area contributed by atoms with E-state index in [9.17, 15) is 18.0 Å². The van der Waals surface area contributed by atoms with Crippen molar-refractivity contribution in [2.24, 2.45) is 0 Å². The summed E-state index contributed by atoms with van der Waals surface area (Å²) >= 11 is 6.00. The zero-order chi connectivity index (χ0) is 21.7. The molecule has 1 N–H and O–H groups in total. The summed E-state index contributed by atoms with van der Waals surface area (Å²) in [5.41, 5.74) is 0.455. The third-order valence-electron chi connectivity index (χ3n) is 4.55. The fourth-order valence-corrected chi connectivity index (χ4v) is 4.99. The number of esters is 1. The van der Waals surface area contributed by atoms with E-state index >= 15 is 0 Å².